The van der Waals surface area contributed by atoms with Crippen molar-refractivity contribution in [3.8, 4) is 0 Å². The third-order valence-corrected chi connectivity index (χ3v) is 3.96. The summed E-state index contributed by atoms with van der Waals surface area (Å²) in [5.74, 6) is -0.703. The standard InChI is InChI=1S/C15H12BrClFNO/c1-19(9-10-4-2-3-5-13(10)16)15(20)12-7-6-11(18)8-14(12)17/h2-8H,9H2,1H3. The Kier molecular flexibility index (Phi) is 4.78. The van der Waals surface area contributed by atoms with Crippen LogP contribution < -0.4 is 0 Å². The Morgan fingerprint density at radius 2 is 2.00 bits per heavy atom. The van der Waals surface area contributed by atoms with E-state index >= 15 is 0 Å². The minimum atomic E-state index is -0.458. The molecular formula is C15H12BrClFNO. The zero-order chi connectivity index (χ0) is 14.7. The molecule has 0 radical (unpaired) electrons. The predicted octanol–water partition coefficient (Wildman–Crippen LogP) is 4.51. The third kappa shape index (κ3) is 3.38. The molecule has 2 aromatic rings. The minimum Gasteiger partial charge on any atom is -0.337 e. The lowest BCUT2D eigenvalue weighted by Gasteiger charge is -2.18. The number of rotatable bonds is 3. The van der Waals surface area contributed by atoms with E-state index in [1.165, 1.54) is 12.1 Å². The summed E-state index contributed by atoms with van der Waals surface area (Å²) >= 11 is 9.35. The van der Waals surface area contributed by atoms with Crippen LogP contribution in [0.1, 0.15) is 15.9 Å². The molecule has 0 heterocycles. The van der Waals surface area contributed by atoms with Gasteiger partial charge in [0.1, 0.15) is 5.82 Å². The average molecular weight is 357 g/mol. The second kappa shape index (κ2) is 6.37. The second-order valence-corrected chi connectivity index (χ2v) is 5.64. The normalized spacial score (nSPS) is 10.4. The first-order valence-corrected chi connectivity index (χ1v) is 7.10. The first-order chi connectivity index (χ1) is 9.49. The van der Waals surface area contributed by atoms with Crippen LogP contribution in [0.25, 0.3) is 0 Å². The van der Waals surface area contributed by atoms with Gasteiger partial charge in [0, 0.05) is 18.1 Å². The Morgan fingerprint density at radius 3 is 2.65 bits per heavy atom. The van der Waals surface area contributed by atoms with Crippen LogP contribution in [0, 0.1) is 5.82 Å². The molecule has 20 heavy (non-hydrogen) atoms. The summed E-state index contributed by atoms with van der Waals surface area (Å²) in [6.07, 6.45) is 0. The van der Waals surface area contributed by atoms with Gasteiger partial charge in [-0.15, -0.1) is 0 Å². The highest BCUT2D eigenvalue weighted by molar-refractivity contribution is 9.10. The molecule has 0 fully saturated rings. The molecular weight excluding hydrogens is 345 g/mol. The van der Waals surface area contributed by atoms with Crippen molar-refractivity contribution in [3.63, 3.8) is 0 Å². The predicted molar refractivity (Wildman–Crippen MR) is 81.3 cm³/mol. The van der Waals surface area contributed by atoms with E-state index in [9.17, 15) is 9.18 Å². The Balaban J connectivity index is 2.19. The molecule has 104 valence electrons. The van der Waals surface area contributed by atoms with E-state index in [0.717, 1.165) is 16.1 Å². The quantitative estimate of drug-likeness (QED) is 0.792. The number of halogens is 3. The molecule has 0 atom stereocenters. The van der Waals surface area contributed by atoms with Crippen molar-refractivity contribution in [1.82, 2.24) is 4.90 Å². The first kappa shape index (κ1) is 15.0. The van der Waals surface area contributed by atoms with Crippen LogP contribution in [0.3, 0.4) is 0 Å². The molecule has 2 nitrogen and oxygen atoms in total. The zero-order valence-corrected chi connectivity index (χ0v) is 13.1. The van der Waals surface area contributed by atoms with Gasteiger partial charge in [-0.2, -0.15) is 0 Å². The lowest BCUT2D eigenvalue weighted by Crippen LogP contribution is -2.26. The highest BCUT2D eigenvalue weighted by atomic mass is 79.9. The molecule has 0 bridgehead atoms. The molecule has 0 aliphatic rings. The van der Waals surface area contributed by atoms with Gasteiger partial charge in [-0.3, -0.25) is 4.79 Å². The monoisotopic (exact) mass is 355 g/mol. The van der Waals surface area contributed by atoms with E-state index in [1.807, 2.05) is 24.3 Å². The van der Waals surface area contributed by atoms with Gasteiger partial charge in [0.05, 0.1) is 10.6 Å². The van der Waals surface area contributed by atoms with Crippen molar-refractivity contribution in [1.29, 1.82) is 0 Å². The van der Waals surface area contributed by atoms with E-state index in [-0.39, 0.29) is 10.9 Å². The van der Waals surface area contributed by atoms with Crippen LogP contribution >= 0.6 is 27.5 Å². The van der Waals surface area contributed by atoms with Crippen molar-refractivity contribution in [2.75, 3.05) is 7.05 Å². The van der Waals surface area contributed by atoms with E-state index in [0.29, 0.717) is 12.1 Å². The first-order valence-electron chi connectivity index (χ1n) is 5.93. The fourth-order valence-corrected chi connectivity index (χ4v) is 2.48. The summed E-state index contributed by atoms with van der Waals surface area (Å²) in [6, 6.07) is 11.4. The molecule has 0 saturated heterocycles. The Hall–Kier alpha value is -1.39. The van der Waals surface area contributed by atoms with Crippen molar-refractivity contribution in [2.24, 2.45) is 0 Å². The number of carbonyl (C=O) groups excluding carboxylic acids is 1. The minimum absolute atomic E-state index is 0.119. The number of amides is 1. The summed E-state index contributed by atoms with van der Waals surface area (Å²) in [7, 11) is 1.68. The van der Waals surface area contributed by atoms with Crippen LogP contribution in [-0.4, -0.2) is 17.9 Å². The lowest BCUT2D eigenvalue weighted by atomic mass is 10.1. The second-order valence-electron chi connectivity index (χ2n) is 4.38. The van der Waals surface area contributed by atoms with Crippen LogP contribution in [0.2, 0.25) is 5.02 Å². The Bertz CT molecular complexity index is 648. The van der Waals surface area contributed by atoms with Crippen molar-refractivity contribution < 1.29 is 9.18 Å². The van der Waals surface area contributed by atoms with E-state index in [4.69, 9.17) is 11.6 Å². The largest absolute Gasteiger partial charge is 0.337 e. The molecule has 0 aliphatic heterocycles. The fraction of sp³-hybridized carbons (Fsp3) is 0.133. The molecule has 0 unspecified atom stereocenters. The maximum atomic E-state index is 13.0. The lowest BCUT2D eigenvalue weighted by molar-refractivity contribution is 0.0785. The maximum absolute atomic E-state index is 13.0. The maximum Gasteiger partial charge on any atom is 0.255 e. The van der Waals surface area contributed by atoms with Gasteiger partial charge in [-0.05, 0) is 29.8 Å². The van der Waals surface area contributed by atoms with Crippen molar-refractivity contribution >= 4 is 33.4 Å². The summed E-state index contributed by atoms with van der Waals surface area (Å²) in [6.45, 7) is 0.438. The molecule has 1 amide bonds. The summed E-state index contributed by atoms with van der Waals surface area (Å²) in [5, 5.41) is 0.119. The smallest absolute Gasteiger partial charge is 0.255 e. The number of benzene rings is 2. The van der Waals surface area contributed by atoms with Crippen LogP contribution in [0.4, 0.5) is 4.39 Å². The molecule has 0 aromatic heterocycles. The topological polar surface area (TPSA) is 20.3 Å². The summed E-state index contributed by atoms with van der Waals surface area (Å²) in [4.78, 5) is 13.8. The average Bonchev–Trinajstić information content (AvgIpc) is 2.40. The van der Waals surface area contributed by atoms with Gasteiger partial charge in [0.2, 0.25) is 0 Å². The third-order valence-electron chi connectivity index (χ3n) is 2.87. The van der Waals surface area contributed by atoms with Gasteiger partial charge >= 0.3 is 0 Å². The zero-order valence-electron chi connectivity index (χ0n) is 10.7. The van der Waals surface area contributed by atoms with Gasteiger partial charge < -0.3 is 4.90 Å². The number of carbonyl (C=O) groups is 1. The molecule has 0 saturated carbocycles. The number of hydrogen-bond donors (Lipinski definition) is 0. The molecule has 5 heteroatoms. The van der Waals surface area contributed by atoms with Crippen molar-refractivity contribution in [2.45, 2.75) is 6.54 Å². The van der Waals surface area contributed by atoms with Crippen LogP contribution in [0.5, 0.6) is 0 Å². The number of hydrogen-bond acceptors (Lipinski definition) is 1. The van der Waals surface area contributed by atoms with Crippen LogP contribution in [-0.2, 0) is 6.54 Å². The Morgan fingerprint density at radius 1 is 1.30 bits per heavy atom. The van der Waals surface area contributed by atoms with E-state index < -0.39 is 5.82 Å². The molecule has 0 spiro atoms. The van der Waals surface area contributed by atoms with E-state index in [1.54, 1.807) is 11.9 Å². The van der Waals surface area contributed by atoms with Gasteiger partial charge in [0.15, 0.2) is 0 Å². The summed E-state index contributed by atoms with van der Waals surface area (Å²) in [5.41, 5.74) is 1.28. The van der Waals surface area contributed by atoms with Gasteiger partial charge in [-0.1, -0.05) is 45.7 Å². The Labute approximate surface area is 130 Å². The van der Waals surface area contributed by atoms with Crippen LogP contribution in [0.15, 0.2) is 46.9 Å². The number of nitrogens with zero attached hydrogens (tertiary/aromatic N) is 1. The highest BCUT2D eigenvalue weighted by Crippen LogP contribution is 2.21. The van der Waals surface area contributed by atoms with E-state index in [2.05, 4.69) is 15.9 Å². The van der Waals surface area contributed by atoms with Crippen molar-refractivity contribution in [3.05, 3.63) is 68.9 Å². The highest BCUT2D eigenvalue weighted by Gasteiger charge is 2.16. The molecule has 2 aromatic carbocycles. The molecule has 2 rings (SSSR count). The van der Waals surface area contributed by atoms with Gasteiger partial charge in [0.25, 0.3) is 5.91 Å². The molecule has 0 aliphatic carbocycles. The van der Waals surface area contributed by atoms with Gasteiger partial charge in [-0.25, -0.2) is 4.39 Å². The fourth-order valence-electron chi connectivity index (χ4n) is 1.82. The molecule has 0 N–H and O–H groups in total. The SMILES string of the molecule is CN(Cc1ccccc1Br)C(=O)c1ccc(F)cc1Cl. The summed E-state index contributed by atoms with van der Waals surface area (Å²) < 4.78 is 13.9.